The van der Waals surface area contributed by atoms with Gasteiger partial charge in [-0.15, -0.1) is 0 Å². The van der Waals surface area contributed by atoms with Crippen LogP contribution in [-0.4, -0.2) is 23.4 Å². The van der Waals surface area contributed by atoms with Crippen molar-refractivity contribution in [3.8, 4) is 0 Å². The number of benzene rings is 2. The fraction of sp³-hybridized carbons (Fsp3) is 0.0588. The number of hydrogen-bond acceptors (Lipinski definition) is 6. The van der Waals surface area contributed by atoms with Gasteiger partial charge in [0.2, 0.25) is 5.76 Å². The van der Waals surface area contributed by atoms with Crippen molar-refractivity contribution >= 4 is 45.8 Å². The number of carbonyl (C=O) groups excluding carboxylic acids is 2. The number of halogens is 1. The van der Waals surface area contributed by atoms with Crippen molar-refractivity contribution in [3.05, 3.63) is 69.4 Å². The van der Waals surface area contributed by atoms with Crippen LogP contribution in [-0.2, 0) is 9.53 Å². The Balaban J connectivity index is 1.65. The molecule has 8 nitrogen and oxygen atoms in total. The summed E-state index contributed by atoms with van der Waals surface area (Å²) in [5.74, 6) is -1.62. The second-order valence-corrected chi connectivity index (χ2v) is 5.63. The second-order valence-electron chi connectivity index (χ2n) is 5.19. The number of amides is 1. The highest BCUT2D eigenvalue weighted by atomic mass is 35.5. The molecule has 0 atom stereocenters. The zero-order chi connectivity index (χ0) is 18.7. The molecular formula is C17H11ClN2O6. The number of carbonyl (C=O) groups is 2. The zero-order valence-electron chi connectivity index (χ0n) is 13.1. The molecule has 1 amide bonds. The smallest absolute Gasteiger partial charge is 0.374 e. The normalized spacial score (nSPS) is 10.5. The third kappa shape index (κ3) is 3.81. The zero-order valence-corrected chi connectivity index (χ0v) is 13.9. The van der Waals surface area contributed by atoms with Crippen molar-refractivity contribution < 1.29 is 23.7 Å². The average Bonchev–Trinajstić information content (AvgIpc) is 3.03. The van der Waals surface area contributed by atoms with E-state index in [-0.39, 0.29) is 22.2 Å². The van der Waals surface area contributed by atoms with Crippen LogP contribution < -0.4 is 5.32 Å². The van der Waals surface area contributed by atoms with E-state index in [4.69, 9.17) is 20.8 Å². The molecule has 0 unspecified atom stereocenters. The molecule has 0 aliphatic heterocycles. The lowest BCUT2D eigenvalue weighted by Gasteiger charge is -2.06. The number of esters is 1. The van der Waals surface area contributed by atoms with Gasteiger partial charge < -0.3 is 14.5 Å². The number of fused-ring (bicyclic) bond motifs is 1. The van der Waals surface area contributed by atoms with Crippen LogP contribution in [0.4, 0.5) is 11.4 Å². The molecule has 0 fully saturated rings. The minimum Gasteiger partial charge on any atom is -0.450 e. The summed E-state index contributed by atoms with van der Waals surface area (Å²) in [6, 6.07) is 12.2. The Morgan fingerprint density at radius 2 is 1.96 bits per heavy atom. The first-order valence-corrected chi connectivity index (χ1v) is 7.71. The highest BCUT2D eigenvalue weighted by Gasteiger charge is 2.19. The number of para-hydroxylation sites is 1. The third-order valence-electron chi connectivity index (χ3n) is 3.39. The molecule has 1 N–H and O–H groups in total. The van der Waals surface area contributed by atoms with Crippen LogP contribution in [0.5, 0.6) is 0 Å². The Kier molecular flexibility index (Phi) is 4.85. The molecule has 132 valence electrons. The van der Waals surface area contributed by atoms with Gasteiger partial charge in [0.05, 0.1) is 4.92 Å². The molecule has 0 aliphatic carbocycles. The van der Waals surface area contributed by atoms with Crippen molar-refractivity contribution in [2.24, 2.45) is 0 Å². The maximum absolute atomic E-state index is 12.0. The maximum atomic E-state index is 12.0. The van der Waals surface area contributed by atoms with Crippen LogP contribution in [0.3, 0.4) is 0 Å². The van der Waals surface area contributed by atoms with Crippen molar-refractivity contribution in [2.45, 2.75) is 0 Å². The fourth-order valence-corrected chi connectivity index (χ4v) is 2.41. The van der Waals surface area contributed by atoms with E-state index in [2.05, 4.69) is 5.32 Å². The van der Waals surface area contributed by atoms with E-state index in [9.17, 15) is 19.7 Å². The van der Waals surface area contributed by atoms with Crippen LogP contribution in [0, 0.1) is 10.1 Å². The van der Waals surface area contributed by atoms with E-state index < -0.39 is 23.4 Å². The number of nitrogens with zero attached hydrogens (tertiary/aromatic N) is 1. The summed E-state index contributed by atoms with van der Waals surface area (Å²) in [5, 5.41) is 14.2. The lowest BCUT2D eigenvalue weighted by molar-refractivity contribution is -0.383. The fourth-order valence-electron chi connectivity index (χ4n) is 2.24. The summed E-state index contributed by atoms with van der Waals surface area (Å²) in [4.78, 5) is 34.2. The summed E-state index contributed by atoms with van der Waals surface area (Å²) in [6.07, 6.45) is 0. The largest absolute Gasteiger partial charge is 0.450 e. The van der Waals surface area contributed by atoms with Crippen molar-refractivity contribution in [1.29, 1.82) is 0 Å². The molecule has 0 saturated heterocycles. The Morgan fingerprint density at radius 1 is 1.19 bits per heavy atom. The summed E-state index contributed by atoms with van der Waals surface area (Å²) in [6.45, 7) is -0.639. The number of nitrogens with one attached hydrogen (secondary N) is 1. The first-order valence-electron chi connectivity index (χ1n) is 7.33. The van der Waals surface area contributed by atoms with Gasteiger partial charge in [-0.05, 0) is 24.3 Å². The highest BCUT2D eigenvalue weighted by Crippen LogP contribution is 2.27. The molecular weight excluding hydrogens is 364 g/mol. The molecule has 0 aliphatic rings. The van der Waals surface area contributed by atoms with Crippen LogP contribution in [0.15, 0.2) is 52.9 Å². The SMILES string of the molecule is O=C(COC(=O)c1cc2ccccc2o1)Nc1cc(Cl)ccc1[N+](=O)[O-]. The molecule has 9 heteroatoms. The van der Waals surface area contributed by atoms with E-state index in [1.165, 1.54) is 24.3 Å². The van der Waals surface area contributed by atoms with Gasteiger partial charge in [0, 0.05) is 16.5 Å². The Bertz CT molecular complexity index is 980. The molecule has 0 spiro atoms. The number of hydrogen-bond donors (Lipinski definition) is 1. The number of rotatable bonds is 5. The van der Waals surface area contributed by atoms with Crippen molar-refractivity contribution in [3.63, 3.8) is 0 Å². The molecule has 3 rings (SSSR count). The standard InChI is InChI=1S/C17H11ClN2O6/c18-11-5-6-13(20(23)24)12(8-11)19-16(21)9-25-17(22)15-7-10-3-1-2-4-14(10)26-15/h1-8H,9H2,(H,19,21). The average molecular weight is 375 g/mol. The van der Waals surface area contributed by atoms with Gasteiger partial charge in [-0.2, -0.15) is 0 Å². The number of nitro groups is 1. The molecule has 3 aromatic rings. The van der Waals surface area contributed by atoms with E-state index in [1.807, 2.05) is 0 Å². The van der Waals surface area contributed by atoms with Crippen LogP contribution in [0.1, 0.15) is 10.6 Å². The Labute approximate surface area is 151 Å². The van der Waals surface area contributed by atoms with E-state index in [0.717, 1.165) is 5.39 Å². The maximum Gasteiger partial charge on any atom is 0.374 e. The summed E-state index contributed by atoms with van der Waals surface area (Å²) in [7, 11) is 0. The van der Waals surface area contributed by atoms with Gasteiger partial charge >= 0.3 is 5.97 Å². The van der Waals surface area contributed by atoms with Gasteiger partial charge in [0.25, 0.3) is 11.6 Å². The van der Waals surface area contributed by atoms with E-state index in [0.29, 0.717) is 5.58 Å². The van der Waals surface area contributed by atoms with Crippen LogP contribution in [0.2, 0.25) is 5.02 Å². The van der Waals surface area contributed by atoms with Crippen molar-refractivity contribution in [2.75, 3.05) is 11.9 Å². The van der Waals surface area contributed by atoms with Gasteiger partial charge in [-0.1, -0.05) is 29.8 Å². The third-order valence-corrected chi connectivity index (χ3v) is 3.63. The predicted octanol–water partition coefficient (Wildman–Crippen LogP) is 3.79. The first-order chi connectivity index (χ1) is 12.4. The monoisotopic (exact) mass is 374 g/mol. The highest BCUT2D eigenvalue weighted by molar-refractivity contribution is 6.31. The van der Waals surface area contributed by atoms with Crippen molar-refractivity contribution in [1.82, 2.24) is 0 Å². The number of ether oxygens (including phenoxy) is 1. The minimum absolute atomic E-state index is 0.0484. The topological polar surface area (TPSA) is 112 Å². The number of nitro benzene ring substituents is 1. The van der Waals surface area contributed by atoms with Crippen LogP contribution in [0.25, 0.3) is 11.0 Å². The predicted molar refractivity (Wildman–Crippen MR) is 93.2 cm³/mol. The Morgan fingerprint density at radius 3 is 2.69 bits per heavy atom. The lowest BCUT2D eigenvalue weighted by atomic mass is 10.2. The quantitative estimate of drug-likeness (QED) is 0.413. The summed E-state index contributed by atoms with van der Waals surface area (Å²) < 4.78 is 10.2. The molecule has 0 bridgehead atoms. The van der Waals surface area contributed by atoms with Gasteiger partial charge in [-0.25, -0.2) is 4.79 Å². The summed E-state index contributed by atoms with van der Waals surface area (Å²) in [5.41, 5.74) is 0.0945. The minimum atomic E-state index is -0.822. The van der Waals surface area contributed by atoms with Gasteiger partial charge in [0.15, 0.2) is 6.61 Å². The molecule has 0 saturated carbocycles. The number of furan rings is 1. The molecule has 2 aromatic carbocycles. The molecule has 0 radical (unpaired) electrons. The van der Waals surface area contributed by atoms with Crippen LogP contribution >= 0.6 is 11.6 Å². The molecule has 1 heterocycles. The van der Waals surface area contributed by atoms with E-state index >= 15 is 0 Å². The molecule has 1 aromatic heterocycles. The second kappa shape index (κ2) is 7.24. The van der Waals surface area contributed by atoms with E-state index in [1.54, 1.807) is 24.3 Å². The van der Waals surface area contributed by atoms with Gasteiger partial charge in [0.1, 0.15) is 11.3 Å². The lowest BCUT2D eigenvalue weighted by Crippen LogP contribution is -2.21. The summed E-state index contributed by atoms with van der Waals surface area (Å²) >= 11 is 5.78. The Hall–Kier alpha value is -3.39. The van der Waals surface area contributed by atoms with Gasteiger partial charge in [-0.3, -0.25) is 14.9 Å². The first kappa shape index (κ1) is 17.4. The number of anilines is 1. The molecule has 26 heavy (non-hydrogen) atoms.